The van der Waals surface area contributed by atoms with Crippen molar-refractivity contribution in [2.45, 2.75) is 51.4 Å². The lowest BCUT2D eigenvalue weighted by Crippen LogP contribution is -2.45. The maximum atomic E-state index is 4.75. The van der Waals surface area contributed by atoms with E-state index in [4.69, 9.17) is 4.98 Å². The molecule has 0 radical (unpaired) electrons. The number of hydrogen-bond donors (Lipinski definition) is 1. The van der Waals surface area contributed by atoms with Crippen molar-refractivity contribution in [1.29, 1.82) is 0 Å². The number of rotatable bonds is 4. The van der Waals surface area contributed by atoms with Crippen molar-refractivity contribution in [2.24, 2.45) is 7.05 Å². The van der Waals surface area contributed by atoms with E-state index in [9.17, 15) is 0 Å². The molecule has 1 aliphatic heterocycles. The molecule has 1 fully saturated rings. The minimum atomic E-state index is 0.210. The van der Waals surface area contributed by atoms with E-state index in [0.717, 1.165) is 25.3 Å². The van der Waals surface area contributed by atoms with Crippen LogP contribution in [-0.4, -0.2) is 27.9 Å². The summed E-state index contributed by atoms with van der Waals surface area (Å²) in [5.41, 5.74) is 0.210. The van der Waals surface area contributed by atoms with Crippen LogP contribution >= 0.6 is 0 Å². The van der Waals surface area contributed by atoms with Gasteiger partial charge in [-0.1, -0.05) is 20.3 Å². The molecule has 17 heavy (non-hydrogen) atoms. The molecule has 96 valence electrons. The Morgan fingerprint density at radius 1 is 1.41 bits per heavy atom. The molecule has 0 bridgehead atoms. The number of aryl methyl sites for hydroxylation is 2. The molecule has 0 amide bonds. The van der Waals surface area contributed by atoms with Gasteiger partial charge < -0.3 is 5.32 Å². The zero-order chi connectivity index (χ0) is 12.3. The lowest BCUT2D eigenvalue weighted by atomic mass is 9.76. The fraction of sp³-hybridized carbons (Fsp3) is 0.846. The average molecular weight is 236 g/mol. The van der Waals surface area contributed by atoms with Crippen LogP contribution in [0.4, 0.5) is 0 Å². The Morgan fingerprint density at radius 3 is 2.76 bits per heavy atom. The Hall–Kier alpha value is -0.900. The predicted molar refractivity (Wildman–Crippen MR) is 69.1 cm³/mol. The maximum absolute atomic E-state index is 4.75. The molecule has 1 atom stereocenters. The van der Waals surface area contributed by atoms with Crippen LogP contribution in [0.3, 0.4) is 0 Å². The SMILES string of the molecule is CCCC1(c2nc(CC)nn2C)CCCNC1. The van der Waals surface area contributed by atoms with Crippen molar-refractivity contribution in [3.05, 3.63) is 11.6 Å². The summed E-state index contributed by atoms with van der Waals surface area (Å²) in [5, 5.41) is 8.04. The average Bonchev–Trinajstić information content (AvgIpc) is 2.73. The minimum Gasteiger partial charge on any atom is -0.316 e. The fourth-order valence-electron chi connectivity index (χ4n) is 3.01. The van der Waals surface area contributed by atoms with Crippen LogP contribution in [0.25, 0.3) is 0 Å². The lowest BCUT2D eigenvalue weighted by Gasteiger charge is -2.36. The van der Waals surface area contributed by atoms with Crippen molar-refractivity contribution in [3.8, 4) is 0 Å². The first-order valence-corrected chi connectivity index (χ1v) is 6.83. The first-order chi connectivity index (χ1) is 8.22. The summed E-state index contributed by atoms with van der Waals surface area (Å²) in [6.07, 6.45) is 5.81. The number of aromatic nitrogens is 3. The molecule has 1 aliphatic rings. The zero-order valence-corrected chi connectivity index (χ0v) is 11.3. The van der Waals surface area contributed by atoms with Gasteiger partial charge in [0.2, 0.25) is 0 Å². The molecule has 0 aromatic carbocycles. The summed E-state index contributed by atoms with van der Waals surface area (Å²) >= 11 is 0. The molecule has 1 N–H and O–H groups in total. The van der Waals surface area contributed by atoms with Gasteiger partial charge in [0.05, 0.1) is 0 Å². The number of nitrogens with one attached hydrogen (secondary N) is 1. The van der Waals surface area contributed by atoms with Crippen LogP contribution in [0.5, 0.6) is 0 Å². The molecular weight excluding hydrogens is 212 g/mol. The van der Waals surface area contributed by atoms with Gasteiger partial charge in [0.1, 0.15) is 5.82 Å². The van der Waals surface area contributed by atoms with Gasteiger partial charge in [0.15, 0.2) is 5.82 Å². The van der Waals surface area contributed by atoms with Gasteiger partial charge in [-0.05, 0) is 25.8 Å². The Bertz CT molecular complexity index is 358. The second kappa shape index (κ2) is 5.17. The van der Waals surface area contributed by atoms with Crippen LogP contribution in [0, 0.1) is 0 Å². The largest absolute Gasteiger partial charge is 0.316 e. The van der Waals surface area contributed by atoms with E-state index in [1.165, 1.54) is 31.5 Å². The number of hydrogen-bond acceptors (Lipinski definition) is 3. The monoisotopic (exact) mass is 236 g/mol. The first-order valence-electron chi connectivity index (χ1n) is 6.83. The van der Waals surface area contributed by atoms with Crippen LogP contribution < -0.4 is 5.32 Å². The van der Waals surface area contributed by atoms with Gasteiger partial charge in [-0.25, -0.2) is 4.98 Å². The van der Waals surface area contributed by atoms with Gasteiger partial charge in [-0.3, -0.25) is 4.68 Å². The summed E-state index contributed by atoms with van der Waals surface area (Å²) < 4.78 is 2.00. The predicted octanol–water partition coefficient (Wildman–Crippen LogP) is 1.80. The highest BCUT2D eigenvalue weighted by Crippen LogP contribution is 2.34. The Labute approximate surface area is 104 Å². The molecule has 1 saturated heterocycles. The van der Waals surface area contributed by atoms with Crippen LogP contribution in [0.15, 0.2) is 0 Å². The van der Waals surface area contributed by atoms with Crippen LogP contribution in [0.1, 0.15) is 51.2 Å². The third-order valence-electron chi connectivity index (χ3n) is 3.80. The highest BCUT2D eigenvalue weighted by Gasteiger charge is 2.37. The molecule has 2 heterocycles. The maximum Gasteiger partial charge on any atom is 0.150 e. The highest BCUT2D eigenvalue weighted by atomic mass is 15.3. The summed E-state index contributed by atoms with van der Waals surface area (Å²) in [6.45, 7) is 6.57. The van der Waals surface area contributed by atoms with Gasteiger partial charge in [-0.2, -0.15) is 5.10 Å². The van der Waals surface area contributed by atoms with Crippen molar-refractivity contribution in [3.63, 3.8) is 0 Å². The second-order valence-corrected chi connectivity index (χ2v) is 5.14. The molecule has 1 unspecified atom stereocenters. The van der Waals surface area contributed by atoms with Crippen molar-refractivity contribution < 1.29 is 0 Å². The summed E-state index contributed by atoms with van der Waals surface area (Å²) in [7, 11) is 2.04. The third kappa shape index (κ3) is 2.37. The summed E-state index contributed by atoms with van der Waals surface area (Å²) in [5.74, 6) is 2.16. The second-order valence-electron chi connectivity index (χ2n) is 5.14. The van der Waals surface area contributed by atoms with E-state index in [1.807, 2.05) is 11.7 Å². The molecule has 0 saturated carbocycles. The van der Waals surface area contributed by atoms with Crippen LogP contribution in [0.2, 0.25) is 0 Å². The van der Waals surface area contributed by atoms with E-state index in [0.29, 0.717) is 0 Å². The Morgan fingerprint density at radius 2 is 2.24 bits per heavy atom. The van der Waals surface area contributed by atoms with Crippen molar-refractivity contribution >= 4 is 0 Å². The summed E-state index contributed by atoms with van der Waals surface area (Å²) in [4.78, 5) is 4.75. The normalized spacial score (nSPS) is 25.1. The van der Waals surface area contributed by atoms with Gasteiger partial charge in [-0.15, -0.1) is 0 Å². The van der Waals surface area contributed by atoms with E-state index < -0.39 is 0 Å². The van der Waals surface area contributed by atoms with E-state index >= 15 is 0 Å². The quantitative estimate of drug-likeness (QED) is 0.867. The van der Waals surface area contributed by atoms with Crippen LogP contribution in [-0.2, 0) is 18.9 Å². The minimum absolute atomic E-state index is 0.210. The van der Waals surface area contributed by atoms with Gasteiger partial charge in [0, 0.05) is 25.4 Å². The highest BCUT2D eigenvalue weighted by molar-refractivity contribution is 5.12. The topological polar surface area (TPSA) is 42.7 Å². The van der Waals surface area contributed by atoms with E-state index in [-0.39, 0.29) is 5.41 Å². The van der Waals surface area contributed by atoms with E-state index in [1.54, 1.807) is 0 Å². The molecule has 1 aromatic heterocycles. The molecule has 1 aromatic rings. The van der Waals surface area contributed by atoms with Gasteiger partial charge in [0.25, 0.3) is 0 Å². The molecule has 0 aliphatic carbocycles. The van der Waals surface area contributed by atoms with Crippen molar-refractivity contribution in [1.82, 2.24) is 20.1 Å². The first kappa shape index (κ1) is 12.6. The smallest absolute Gasteiger partial charge is 0.150 e. The molecule has 4 nitrogen and oxygen atoms in total. The molecular formula is C13H24N4. The zero-order valence-electron chi connectivity index (χ0n) is 11.3. The Balaban J connectivity index is 2.33. The van der Waals surface area contributed by atoms with E-state index in [2.05, 4.69) is 24.3 Å². The molecule has 4 heteroatoms. The Kier molecular flexibility index (Phi) is 3.82. The third-order valence-corrected chi connectivity index (χ3v) is 3.80. The fourth-order valence-corrected chi connectivity index (χ4v) is 3.01. The van der Waals surface area contributed by atoms with Gasteiger partial charge >= 0.3 is 0 Å². The molecule has 0 spiro atoms. The van der Waals surface area contributed by atoms with Crippen molar-refractivity contribution in [2.75, 3.05) is 13.1 Å². The number of piperidine rings is 1. The molecule has 2 rings (SSSR count). The lowest BCUT2D eigenvalue weighted by molar-refractivity contribution is 0.267. The summed E-state index contributed by atoms with van der Waals surface area (Å²) in [6, 6.07) is 0. The number of nitrogens with zero attached hydrogens (tertiary/aromatic N) is 3. The standard InChI is InChI=1S/C13H24N4/c1-4-7-13(8-6-9-14-10-13)12-15-11(5-2)16-17(12)3/h14H,4-10H2,1-3H3.